The predicted octanol–water partition coefficient (Wildman–Crippen LogP) is 0.199. The molecule has 0 bridgehead atoms. The van der Waals surface area contributed by atoms with Crippen molar-refractivity contribution in [1.82, 2.24) is 24.5 Å². The van der Waals surface area contributed by atoms with Gasteiger partial charge in [0.05, 0.1) is 32.7 Å². The van der Waals surface area contributed by atoms with E-state index in [2.05, 4.69) is 0 Å². The Morgan fingerprint density at radius 3 is 1.21 bits per heavy atom. The number of hydrogen-bond acceptors (Lipinski definition) is 12. The monoisotopic (exact) mass is 609 g/mol. The Morgan fingerprint density at radius 1 is 0.558 bits per heavy atom. The number of nitrogens with zero attached hydrogens (tertiary/aromatic N) is 5. The lowest BCUT2D eigenvalue weighted by Crippen LogP contribution is -2.50. The quantitative estimate of drug-likeness (QED) is 0.247. The van der Waals surface area contributed by atoms with Gasteiger partial charge in [0.1, 0.15) is 17.0 Å². The topological polar surface area (TPSA) is 137 Å². The second-order valence-corrected chi connectivity index (χ2v) is 13.4. The van der Waals surface area contributed by atoms with Gasteiger partial charge in [0, 0.05) is 65.2 Å². The number of hydrogen-bond donors (Lipinski definition) is 0. The van der Waals surface area contributed by atoms with Crippen LogP contribution in [0.25, 0.3) is 0 Å². The maximum absolute atomic E-state index is 13.0. The third-order valence-corrected chi connectivity index (χ3v) is 6.81. The first-order valence-corrected chi connectivity index (χ1v) is 15.1. The van der Waals surface area contributed by atoms with Crippen LogP contribution in [0.4, 0.5) is 0 Å². The van der Waals surface area contributed by atoms with Gasteiger partial charge in [-0.1, -0.05) is 0 Å². The highest BCUT2D eigenvalue weighted by Gasteiger charge is 2.31. The van der Waals surface area contributed by atoms with E-state index < -0.39 is 11.2 Å². The number of imide groups is 1. The maximum atomic E-state index is 13.0. The van der Waals surface area contributed by atoms with Crippen LogP contribution in [0.5, 0.6) is 0 Å². The van der Waals surface area contributed by atoms with Crippen LogP contribution in [0.3, 0.4) is 0 Å². The highest BCUT2D eigenvalue weighted by atomic mass is 16.6. The largest absolute Gasteiger partial charge is 0.459 e. The standard InChI is InChI=1S/C30H51N5O8/c1-23(36)18-31-10-12-32(19-24(37)20-35-25(38)8-9-26(35)39)13-15-34(22-28(41)43-30(5,6)7)17-16-33(14-11-31)21-27(40)42-29(2,3)4/h8-22H2,1-7H3. The van der Waals surface area contributed by atoms with Crippen molar-refractivity contribution in [2.75, 3.05) is 85.1 Å². The van der Waals surface area contributed by atoms with Crippen molar-refractivity contribution >= 4 is 35.3 Å². The molecule has 13 nitrogen and oxygen atoms in total. The van der Waals surface area contributed by atoms with E-state index >= 15 is 0 Å². The van der Waals surface area contributed by atoms with Crippen LogP contribution in [0, 0.1) is 0 Å². The van der Waals surface area contributed by atoms with Gasteiger partial charge in [0.25, 0.3) is 0 Å². The minimum atomic E-state index is -0.643. The zero-order chi connectivity index (χ0) is 32.4. The lowest BCUT2D eigenvalue weighted by Gasteiger charge is -2.34. The van der Waals surface area contributed by atoms with Crippen LogP contribution in [0.15, 0.2) is 0 Å². The molecule has 43 heavy (non-hydrogen) atoms. The highest BCUT2D eigenvalue weighted by molar-refractivity contribution is 6.04. The number of likely N-dealkylation sites (tertiary alicyclic amines) is 1. The number of ether oxygens (including phenoxy) is 2. The lowest BCUT2D eigenvalue weighted by atomic mass is 10.2. The molecule has 2 heterocycles. The summed E-state index contributed by atoms with van der Waals surface area (Å²) in [5.74, 6) is -1.65. The van der Waals surface area contributed by atoms with E-state index in [1.165, 1.54) is 6.92 Å². The SMILES string of the molecule is CC(=O)CN1CCN(CC(=O)CN2C(=O)CCC2=O)CCN(CC(=O)OC(C)(C)C)CCN(CC(=O)OC(C)(C)C)CC1. The molecule has 2 aliphatic heterocycles. The molecule has 0 N–H and O–H groups in total. The molecule has 2 rings (SSSR count). The van der Waals surface area contributed by atoms with Gasteiger partial charge in [-0.3, -0.25) is 53.3 Å². The first kappa shape index (κ1) is 36.5. The van der Waals surface area contributed by atoms with Crippen molar-refractivity contribution in [3.05, 3.63) is 0 Å². The van der Waals surface area contributed by atoms with Crippen LogP contribution >= 0.6 is 0 Å². The van der Waals surface area contributed by atoms with Gasteiger partial charge in [-0.2, -0.15) is 0 Å². The Balaban J connectivity index is 2.21. The molecule has 0 unspecified atom stereocenters. The molecule has 2 saturated heterocycles. The highest BCUT2D eigenvalue weighted by Crippen LogP contribution is 2.12. The van der Waals surface area contributed by atoms with Gasteiger partial charge >= 0.3 is 11.9 Å². The number of carbonyl (C=O) groups is 6. The second-order valence-electron chi connectivity index (χ2n) is 13.4. The number of rotatable bonds is 10. The average molecular weight is 610 g/mol. The van der Waals surface area contributed by atoms with Crippen molar-refractivity contribution < 1.29 is 38.2 Å². The van der Waals surface area contributed by atoms with Gasteiger partial charge < -0.3 is 9.47 Å². The predicted molar refractivity (Wildman–Crippen MR) is 159 cm³/mol. The summed E-state index contributed by atoms with van der Waals surface area (Å²) < 4.78 is 11.1. The molecule has 2 fully saturated rings. The zero-order valence-corrected chi connectivity index (χ0v) is 27.1. The molecule has 0 atom stereocenters. The summed E-state index contributed by atoms with van der Waals surface area (Å²) >= 11 is 0. The Kier molecular flexibility index (Phi) is 13.9. The Hall–Kier alpha value is -2.74. The van der Waals surface area contributed by atoms with E-state index in [1.807, 2.05) is 40.4 Å². The molecule has 244 valence electrons. The third-order valence-electron chi connectivity index (χ3n) is 6.81. The fourth-order valence-corrected chi connectivity index (χ4v) is 4.91. The molecular formula is C30H51N5O8. The molecule has 0 spiro atoms. The van der Waals surface area contributed by atoms with Crippen molar-refractivity contribution in [1.29, 1.82) is 0 Å². The summed E-state index contributed by atoms with van der Waals surface area (Å²) in [6.45, 7) is 16.2. The van der Waals surface area contributed by atoms with Crippen molar-refractivity contribution in [2.24, 2.45) is 0 Å². The average Bonchev–Trinajstić information content (AvgIpc) is 3.14. The Labute approximate surface area is 255 Å². The van der Waals surface area contributed by atoms with Gasteiger partial charge in [-0.15, -0.1) is 0 Å². The fourth-order valence-electron chi connectivity index (χ4n) is 4.91. The second kappa shape index (κ2) is 16.4. The summed E-state index contributed by atoms with van der Waals surface area (Å²) in [5, 5.41) is 0. The van der Waals surface area contributed by atoms with Crippen molar-refractivity contribution in [3.63, 3.8) is 0 Å². The van der Waals surface area contributed by atoms with E-state index in [0.717, 1.165) is 4.90 Å². The van der Waals surface area contributed by atoms with Crippen molar-refractivity contribution in [2.45, 2.75) is 72.5 Å². The number of ketones is 2. The number of Topliss-reactive ketones (excluding diaryl/α,β-unsaturated/α-hetero) is 2. The van der Waals surface area contributed by atoms with E-state index in [0.29, 0.717) is 52.4 Å². The Bertz CT molecular complexity index is 1000. The Morgan fingerprint density at radius 2 is 0.884 bits per heavy atom. The van der Waals surface area contributed by atoms with Gasteiger partial charge in [-0.25, -0.2) is 0 Å². The zero-order valence-electron chi connectivity index (χ0n) is 27.1. The molecule has 13 heteroatoms. The molecule has 0 aromatic heterocycles. The van der Waals surface area contributed by atoms with Gasteiger partial charge in [-0.05, 0) is 48.5 Å². The van der Waals surface area contributed by atoms with Crippen molar-refractivity contribution in [3.8, 4) is 0 Å². The van der Waals surface area contributed by atoms with Gasteiger partial charge in [0.2, 0.25) is 11.8 Å². The van der Waals surface area contributed by atoms with E-state index in [9.17, 15) is 28.8 Å². The molecule has 0 saturated carbocycles. The summed E-state index contributed by atoms with van der Waals surface area (Å²) in [6, 6.07) is 0. The summed E-state index contributed by atoms with van der Waals surface area (Å²) in [4.78, 5) is 83.4. The normalized spacial score (nSPS) is 19.6. The molecule has 2 aliphatic rings. The molecule has 0 aromatic carbocycles. The number of esters is 2. The van der Waals surface area contributed by atoms with E-state index in [-0.39, 0.29) is 80.9 Å². The summed E-state index contributed by atoms with van der Waals surface area (Å²) in [7, 11) is 0. The molecule has 0 radical (unpaired) electrons. The van der Waals surface area contributed by atoms with Crippen LogP contribution in [-0.2, 0) is 38.2 Å². The molecular weight excluding hydrogens is 558 g/mol. The van der Waals surface area contributed by atoms with Gasteiger partial charge in [0.15, 0.2) is 5.78 Å². The van der Waals surface area contributed by atoms with E-state index in [4.69, 9.17) is 9.47 Å². The minimum absolute atomic E-state index is 0.00278. The van der Waals surface area contributed by atoms with Crippen LogP contribution in [-0.4, -0.2) is 156 Å². The molecule has 2 amide bonds. The van der Waals surface area contributed by atoms with Crippen LogP contribution in [0.2, 0.25) is 0 Å². The molecule has 0 aliphatic carbocycles. The fraction of sp³-hybridized carbons (Fsp3) is 0.800. The number of amides is 2. The minimum Gasteiger partial charge on any atom is -0.459 e. The number of carbonyl (C=O) groups excluding carboxylic acids is 6. The maximum Gasteiger partial charge on any atom is 0.320 e. The van der Waals surface area contributed by atoms with E-state index in [1.54, 1.807) is 20.8 Å². The van der Waals surface area contributed by atoms with Crippen LogP contribution in [0.1, 0.15) is 61.3 Å². The lowest BCUT2D eigenvalue weighted by molar-refractivity contribution is -0.158. The first-order chi connectivity index (χ1) is 19.9. The first-order valence-electron chi connectivity index (χ1n) is 15.1. The molecule has 0 aromatic rings. The summed E-state index contributed by atoms with van der Waals surface area (Å²) in [6.07, 6.45) is 0.251. The summed E-state index contributed by atoms with van der Waals surface area (Å²) in [5.41, 5.74) is -1.27. The smallest absolute Gasteiger partial charge is 0.320 e. The third kappa shape index (κ3) is 15.0. The van der Waals surface area contributed by atoms with Crippen LogP contribution < -0.4 is 0 Å².